The quantitative estimate of drug-likeness (QED) is 0.701. The summed E-state index contributed by atoms with van der Waals surface area (Å²) in [5.74, 6) is 0.705. The van der Waals surface area contributed by atoms with Crippen molar-refractivity contribution in [2.24, 2.45) is 0 Å². The number of hydrogen-bond acceptors (Lipinski definition) is 4. The predicted molar refractivity (Wildman–Crippen MR) is 117 cm³/mol. The van der Waals surface area contributed by atoms with Crippen molar-refractivity contribution in [1.82, 2.24) is 14.9 Å². The standard InChI is InChI=1S/C24H28N4O/c1-2-9-21-18-22(29)26-24(25-21)28-16-14-27(15-17-28)23(19-10-5-3-6-11-19)20-12-7-4-8-13-20/h3-8,10-13,18,23H,2,9,14-17H2,1H3,(H,25,26,29). The van der Waals surface area contributed by atoms with E-state index in [-0.39, 0.29) is 11.6 Å². The third-order valence-electron chi connectivity index (χ3n) is 5.50. The second-order valence-electron chi connectivity index (χ2n) is 7.56. The van der Waals surface area contributed by atoms with E-state index in [2.05, 4.69) is 87.4 Å². The first kappa shape index (κ1) is 19.4. The van der Waals surface area contributed by atoms with Crippen LogP contribution >= 0.6 is 0 Å². The first-order valence-corrected chi connectivity index (χ1v) is 10.4. The number of aromatic amines is 1. The van der Waals surface area contributed by atoms with E-state index in [1.807, 2.05) is 0 Å². The van der Waals surface area contributed by atoms with E-state index in [0.29, 0.717) is 5.95 Å². The molecular formula is C24H28N4O. The van der Waals surface area contributed by atoms with Gasteiger partial charge >= 0.3 is 0 Å². The molecule has 5 nitrogen and oxygen atoms in total. The third-order valence-corrected chi connectivity index (χ3v) is 5.50. The molecule has 1 aliphatic heterocycles. The zero-order chi connectivity index (χ0) is 20.1. The van der Waals surface area contributed by atoms with Crippen LogP contribution in [0.1, 0.15) is 36.2 Å². The Kier molecular flexibility index (Phi) is 6.06. The monoisotopic (exact) mass is 388 g/mol. The maximum Gasteiger partial charge on any atom is 0.252 e. The minimum atomic E-state index is -0.0627. The third kappa shape index (κ3) is 4.57. The number of nitrogens with zero attached hydrogens (tertiary/aromatic N) is 3. The Morgan fingerprint density at radius 1 is 0.931 bits per heavy atom. The zero-order valence-corrected chi connectivity index (χ0v) is 16.9. The lowest BCUT2D eigenvalue weighted by molar-refractivity contribution is 0.211. The van der Waals surface area contributed by atoms with Crippen LogP contribution < -0.4 is 10.5 Å². The summed E-state index contributed by atoms with van der Waals surface area (Å²) < 4.78 is 0. The molecule has 3 aromatic rings. The highest BCUT2D eigenvalue weighted by Crippen LogP contribution is 2.29. The number of nitrogens with one attached hydrogen (secondary N) is 1. The fourth-order valence-corrected chi connectivity index (χ4v) is 4.10. The Bertz CT molecular complexity index is 923. The zero-order valence-electron chi connectivity index (χ0n) is 16.9. The Hall–Kier alpha value is -2.92. The molecule has 0 aliphatic carbocycles. The summed E-state index contributed by atoms with van der Waals surface area (Å²) in [6.45, 7) is 5.62. The Labute approximate surface area is 172 Å². The van der Waals surface area contributed by atoms with Gasteiger partial charge in [-0.2, -0.15) is 0 Å². The van der Waals surface area contributed by atoms with Gasteiger partial charge in [-0.3, -0.25) is 14.7 Å². The second-order valence-corrected chi connectivity index (χ2v) is 7.56. The van der Waals surface area contributed by atoms with E-state index in [1.54, 1.807) is 6.07 Å². The average Bonchev–Trinajstić information content (AvgIpc) is 2.76. The number of aromatic nitrogens is 2. The molecule has 1 aromatic heterocycles. The molecule has 2 heterocycles. The summed E-state index contributed by atoms with van der Waals surface area (Å²) in [5, 5.41) is 0. The molecule has 1 N–H and O–H groups in total. The van der Waals surface area contributed by atoms with Gasteiger partial charge in [-0.1, -0.05) is 74.0 Å². The normalized spacial score (nSPS) is 15.0. The summed E-state index contributed by atoms with van der Waals surface area (Å²) in [5.41, 5.74) is 3.43. The Morgan fingerprint density at radius 2 is 1.52 bits per heavy atom. The molecule has 0 spiro atoms. The van der Waals surface area contributed by atoms with Crippen LogP contribution in [0.25, 0.3) is 0 Å². The number of piperazine rings is 1. The molecule has 2 aromatic carbocycles. The van der Waals surface area contributed by atoms with Crippen LogP contribution in [-0.2, 0) is 6.42 Å². The molecule has 4 rings (SSSR count). The number of benzene rings is 2. The van der Waals surface area contributed by atoms with Crippen molar-refractivity contribution in [3.05, 3.63) is 93.9 Å². The van der Waals surface area contributed by atoms with Gasteiger partial charge in [-0.25, -0.2) is 4.98 Å². The first-order valence-electron chi connectivity index (χ1n) is 10.4. The molecule has 1 fully saturated rings. The fraction of sp³-hybridized carbons (Fsp3) is 0.333. The van der Waals surface area contributed by atoms with Crippen LogP contribution in [0.15, 0.2) is 71.5 Å². The van der Waals surface area contributed by atoms with Crippen molar-refractivity contribution < 1.29 is 0 Å². The molecular weight excluding hydrogens is 360 g/mol. The van der Waals surface area contributed by atoms with Crippen LogP contribution in [0, 0.1) is 0 Å². The van der Waals surface area contributed by atoms with Gasteiger partial charge in [0.1, 0.15) is 0 Å². The second kappa shape index (κ2) is 9.05. The highest BCUT2D eigenvalue weighted by molar-refractivity contribution is 5.34. The minimum absolute atomic E-state index is 0.0627. The van der Waals surface area contributed by atoms with E-state index >= 15 is 0 Å². The van der Waals surface area contributed by atoms with Crippen molar-refractivity contribution in [1.29, 1.82) is 0 Å². The van der Waals surface area contributed by atoms with Gasteiger partial charge in [-0.15, -0.1) is 0 Å². The molecule has 5 heteroatoms. The average molecular weight is 389 g/mol. The van der Waals surface area contributed by atoms with E-state index < -0.39 is 0 Å². The summed E-state index contributed by atoms with van der Waals surface area (Å²) in [6.07, 6.45) is 1.82. The SMILES string of the molecule is CCCc1cc(=O)[nH]c(N2CCN(C(c3ccccc3)c3ccccc3)CC2)n1. The Morgan fingerprint density at radius 3 is 2.07 bits per heavy atom. The van der Waals surface area contributed by atoms with Crippen molar-refractivity contribution in [3.63, 3.8) is 0 Å². The summed E-state index contributed by atoms with van der Waals surface area (Å²) in [7, 11) is 0. The van der Waals surface area contributed by atoms with Crippen LogP contribution in [-0.4, -0.2) is 41.0 Å². The molecule has 0 radical (unpaired) electrons. The fourth-order valence-electron chi connectivity index (χ4n) is 4.10. The van der Waals surface area contributed by atoms with Crippen molar-refractivity contribution >= 4 is 5.95 Å². The first-order chi connectivity index (χ1) is 14.2. The van der Waals surface area contributed by atoms with Crippen molar-refractivity contribution in [2.75, 3.05) is 31.1 Å². The van der Waals surface area contributed by atoms with Gasteiger partial charge < -0.3 is 4.90 Å². The Balaban J connectivity index is 1.54. The van der Waals surface area contributed by atoms with Gasteiger partial charge in [0.2, 0.25) is 5.95 Å². The number of rotatable bonds is 6. The molecule has 29 heavy (non-hydrogen) atoms. The lowest BCUT2D eigenvalue weighted by Crippen LogP contribution is -2.48. The van der Waals surface area contributed by atoms with Crippen molar-refractivity contribution in [3.8, 4) is 0 Å². The van der Waals surface area contributed by atoms with Gasteiger partial charge in [0.05, 0.1) is 6.04 Å². The lowest BCUT2D eigenvalue weighted by Gasteiger charge is -2.40. The van der Waals surface area contributed by atoms with Gasteiger partial charge in [0, 0.05) is 37.9 Å². The highest BCUT2D eigenvalue weighted by atomic mass is 16.1. The van der Waals surface area contributed by atoms with Crippen LogP contribution in [0.3, 0.4) is 0 Å². The molecule has 0 atom stereocenters. The maximum absolute atomic E-state index is 12.0. The maximum atomic E-state index is 12.0. The van der Waals surface area contributed by atoms with Crippen LogP contribution in [0.4, 0.5) is 5.95 Å². The van der Waals surface area contributed by atoms with Gasteiger partial charge in [0.15, 0.2) is 0 Å². The predicted octanol–water partition coefficient (Wildman–Crippen LogP) is 3.63. The van der Waals surface area contributed by atoms with Gasteiger partial charge in [-0.05, 0) is 17.5 Å². The van der Waals surface area contributed by atoms with Gasteiger partial charge in [0.25, 0.3) is 5.56 Å². The number of aryl methyl sites for hydroxylation is 1. The number of H-pyrrole nitrogens is 1. The molecule has 0 saturated carbocycles. The molecule has 0 unspecified atom stereocenters. The molecule has 0 amide bonds. The van der Waals surface area contributed by atoms with E-state index in [1.165, 1.54) is 11.1 Å². The van der Waals surface area contributed by atoms with Crippen molar-refractivity contribution in [2.45, 2.75) is 25.8 Å². The lowest BCUT2D eigenvalue weighted by atomic mass is 9.96. The van der Waals surface area contributed by atoms with Crippen LogP contribution in [0.5, 0.6) is 0 Å². The molecule has 1 aliphatic rings. The topological polar surface area (TPSA) is 52.2 Å². The molecule has 0 bridgehead atoms. The molecule has 150 valence electrons. The van der Waals surface area contributed by atoms with Crippen LogP contribution in [0.2, 0.25) is 0 Å². The highest BCUT2D eigenvalue weighted by Gasteiger charge is 2.27. The van der Waals surface area contributed by atoms with E-state index in [9.17, 15) is 4.79 Å². The number of hydrogen-bond donors (Lipinski definition) is 1. The van der Waals surface area contributed by atoms with E-state index in [4.69, 9.17) is 0 Å². The van der Waals surface area contributed by atoms with E-state index in [0.717, 1.165) is 44.7 Å². The molecule has 1 saturated heterocycles. The summed E-state index contributed by atoms with van der Waals surface area (Å²) in [6, 6.07) is 23.2. The smallest absolute Gasteiger partial charge is 0.252 e. The summed E-state index contributed by atoms with van der Waals surface area (Å²) in [4.78, 5) is 24.4. The summed E-state index contributed by atoms with van der Waals surface area (Å²) >= 11 is 0. The number of anilines is 1. The minimum Gasteiger partial charge on any atom is -0.340 e. The largest absolute Gasteiger partial charge is 0.340 e.